The number of nitrogens with one attached hydrogen (secondary N) is 1. The molecule has 2 aliphatic heterocycles. The minimum atomic E-state index is -0.526. The Kier molecular flexibility index (Phi) is 5.56. The van der Waals surface area contributed by atoms with Gasteiger partial charge in [0, 0.05) is 23.6 Å². The summed E-state index contributed by atoms with van der Waals surface area (Å²) in [6, 6.07) is 9.17. The van der Waals surface area contributed by atoms with Crippen LogP contribution in [-0.2, 0) is 9.59 Å². The molecule has 0 aliphatic carbocycles. The van der Waals surface area contributed by atoms with Gasteiger partial charge in [-0.2, -0.15) is 0 Å². The molecule has 2 amide bonds. The van der Waals surface area contributed by atoms with Gasteiger partial charge in [-0.3, -0.25) is 19.8 Å². The summed E-state index contributed by atoms with van der Waals surface area (Å²) < 4.78 is 6.79. The van der Waals surface area contributed by atoms with Crippen LogP contribution in [0.15, 0.2) is 44.8 Å². The molecule has 2 saturated heterocycles. The minimum Gasteiger partial charge on any atom is -0.441 e. The van der Waals surface area contributed by atoms with Crippen molar-refractivity contribution in [2.75, 3.05) is 22.9 Å². The molecular weight excluding hydrogens is 454 g/mol. The fourth-order valence-corrected chi connectivity index (χ4v) is 4.34. The molecule has 1 aromatic carbocycles. The number of thiocarbonyl (C=S) groups is 1. The third-order valence-electron chi connectivity index (χ3n) is 5.07. The molecule has 3 heterocycles. The highest BCUT2D eigenvalue weighted by Crippen LogP contribution is 2.29. The molecule has 0 unspecified atom stereocenters. The van der Waals surface area contributed by atoms with Crippen LogP contribution >= 0.6 is 28.1 Å². The van der Waals surface area contributed by atoms with E-state index in [0.29, 0.717) is 11.4 Å². The van der Waals surface area contributed by atoms with E-state index < -0.39 is 11.8 Å². The van der Waals surface area contributed by atoms with E-state index in [2.05, 4.69) is 26.1 Å². The second-order valence-electron chi connectivity index (χ2n) is 7.11. The Morgan fingerprint density at radius 3 is 2.62 bits per heavy atom. The van der Waals surface area contributed by atoms with Crippen molar-refractivity contribution < 1.29 is 14.0 Å². The zero-order valence-corrected chi connectivity index (χ0v) is 18.3. The van der Waals surface area contributed by atoms with Gasteiger partial charge in [0.05, 0.1) is 5.69 Å². The Morgan fingerprint density at radius 2 is 1.90 bits per heavy atom. The van der Waals surface area contributed by atoms with E-state index in [4.69, 9.17) is 16.6 Å². The van der Waals surface area contributed by atoms with Crippen LogP contribution in [0.4, 0.5) is 11.6 Å². The predicted octanol–water partition coefficient (Wildman–Crippen LogP) is 4.17. The van der Waals surface area contributed by atoms with Gasteiger partial charge < -0.3 is 9.32 Å². The highest BCUT2D eigenvalue weighted by molar-refractivity contribution is 9.10. The number of amides is 2. The number of hydrogen-bond donors (Lipinski definition) is 1. The monoisotopic (exact) mass is 473 g/mol. The first-order valence-electron chi connectivity index (χ1n) is 9.46. The van der Waals surface area contributed by atoms with Crippen LogP contribution in [0.5, 0.6) is 0 Å². The summed E-state index contributed by atoms with van der Waals surface area (Å²) >= 11 is 8.68. The van der Waals surface area contributed by atoms with Gasteiger partial charge >= 0.3 is 0 Å². The SMILES string of the molecule is Cc1cc(Br)ccc1N1C(=O)/C(=C/c2ccc(N3CCCCC3)o2)C(=O)NC1=S. The molecule has 1 aromatic heterocycles. The number of furan rings is 1. The summed E-state index contributed by atoms with van der Waals surface area (Å²) in [5.74, 6) is 0.225. The van der Waals surface area contributed by atoms with Crippen molar-refractivity contribution in [3.8, 4) is 0 Å². The zero-order valence-electron chi connectivity index (χ0n) is 15.9. The lowest BCUT2D eigenvalue weighted by atomic mass is 10.1. The summed E-state index contributed by atoms with van der Waals surface area (Å²) in [5, 5.41) is 2.67. The predicted molar refractivity (Wildman–Crippen MR) is 120 cm³/mol. The largest absolute Gasteiger partial charge is 0.441 e. The van der Waals surface area contributed by atoms with Crippen molar-refractivity contribution in [1.29, 1.82) is 0 Å². The maximum Gasteiger partial charge on any atom is 0.270 e. The fraction of sp³-hybridized carbons (Fsp3) is 0.286. The van der Waals surface area contributed by atoms with Gasteiger partial charge in [0.15, 0.2) is 11.0 Å². The first-order valence-corrected chi connectivity index (χ1v) is 10.7. The number of piperidine rings is 1. The van der Waals surface area contributed by atoms with Gasteiger partial charge in [0.1, 0.15) is 11.3 Å². The lowest BCUT2D eigenvalue weighted by Gasteiger charge is -2.30. The van der Waals surface area contributed by atoms with Gasteiger partial charge in [0.25, 0.3) is 11.8 Å². The Bertz CT molecular complexity index is 1020. The second-order valence-corrected chi connectivity index (χ2v) is 8.41. The molecule has 2 aliphatic rings. The summed E-state index contributed by atoms with van der Waals surface area (Å²) in [6.45, 7) is 3.79. The average molecular weight is 474 g/mol. The van der Waals surface area contributed by atoms with Crippen molar-refractivity contribution in [3.05, 3.63) is 51.7 Å². The molecule has 0 saturated carbocycles. The van der Waals surface area contributed by atoms with Crippen molar-refractivity contribution in [1.82, 2.24) is 5.32 Å². The number of carbonyl (C=O) groups is 2. The van der Waals surface area contributed by atoms with Gasteiger partial charge in [-0.05, 0) is 74.3 Å². The molecule has 2 fully saturated rings. The number of benzene rings is 1. The molecule has 150 valence electrons. The van der Waals surface area contributed by atoms with E-state index in [0.717, 1.165) is 41.9 Å². The van der Waals surface area contributed by atoms with Crippen molar-refractivity contribution in [2.45, 2.75) is 26.2 Å². The molecule has 2 aromatic rings. The van der Waals surface area contributed by atoms with Crippen LogP contribution in [0, 0.1) is 6.92 Å². The summed E-state index contributed by atoms with van der Waals surface area (Å²) in [6.07, 6.45) is 4.98. The highest BCUT2D eigenvalue weighted by Gasteiger charge is 2.35. The zero-order chi connectivity index (χ0) is 20.5. The molecule has 1 N–H and O–H groups in total. The Labute approximate surface area is 182 Å². The van der Waals surface area contributed by atoms with Crippen LogP contribution < -0.4 is 15.1 Å². The van der Waals surface area contributed by atoms with E-state index in [9.17, 15) is 9.59 Å². The lowest BCUT2D eigenvalue weighted by Crippen LogP contribution is -2.54. The second kappa shape index (κ2) is 8.12. The van der Waals surface area contributed by atoms with Crippen LogP contribution in [-0.4, -0.2) is 30.0 Å². The van der Waals surface area contributed by atoms with Crippen LogP contribution in [0.25, 0.3) is 6.08 Å². The Hall–Kier alpha value is -2.45. The number of hydrogen-bond acceptors (Lipinski definition) is 5. The van der Waals surface area contributed by atoms with Crippen LogP contribution in [0.1, 0.15) is 30.6 Å². The molecule has 6 nitrogen and oxygen atoms in total. The third-order valence-corrected chi connectivity index (χ3v) is 5.85. The van der Waals surface area contributed by atoms with Crippen molar-refractivity contribution in [3.63, 3.8) is 0 Å². The molecule has 4 rings (SSSR count). The van der Waals surface area contributed by atoms with Gasteiger partial charge in [0.2, 0.25) is 0 Å². The highest BCUT2D eigenvalue weighted by atomic mass is 79.9. The van der Waals surface area contributed by atoms with E-state index in [-0.39, 0.29) is 10.7 Å². The van der Waals surface area contributed by atoms with E-state index in [1.54, 1.807) is 12.1 Å². The summed E-state index contributed by atoms with van der Waals surface area (Å²) in [7, 11) is 0. The van der Waals surface area contributed by atoms with Gasteiger partial charge in [-0.25, -0.2) is 0 Å². The van der Waals surface area contributed by atoms with Crippen LogP contribution in [0.2, 0.25) is 0 Å². The molecule has 0 radical (unpaired) electrons. The maximum absolute atomic E-state index is 13.1. The lowest BCUT2D eigenvalue weighted by molar-refractivity contribution is -0.122. The smallest absolute Gasteiger partial charge is 0.270 e. The maximum atomic E-state index is 13.1. The normalized spacial score (nSPS) is 19.1. The number of anilines is 2. The minimum absolute atomic E-state index is 0.0135. The molecule has 0 atom stereocenters. The number of nitrogens with zero attached hydrogens (tertiary/aromatic N) is 2. The molecular formula is C21H20BrN3O3S. The van der Waals surface area contributed by atoms with E-state index >= 15 is 0 Å². The number of aryl methyl sites for hydroxylation is 1. The van der Waals surface area contributed by atoms with Gasteiger partial charge in [-0.1, -0.05) is 15.9 Å². The van der Waals surface area contributed by atoms with Crippen LogP contribution in [0.3, 0.4) is 0 Å². The molecule has 8 heteroatoms. The molecule has 0 bridgehead atoms. The third kappa shape index (κ3) is 4.00. The Balaban J connectivity index is 1.64. The first-order chi connectivity index (χ1) is 13.9. The van der Waals surface area contributed by atoms with E-state index in [1.807, 2.05) is 25.1 Å². The standard InChI is InChI=1S/C21H20BrN3O3S/c1-13-11-14(22)5-7-17(13)25-20(27)16(19(26)23-21(25)29)12-15-6-8-18(28-15)24-9-3-2-4-10-24/h5-8,11-12H,2-4,9-10H2,1H3,(H,23,26,29)/b16-12+. The van der Waals surface area contributed by atoms with Crippen molar-refractivity contribution in [2.24, 2.45) is 0 Å². The summed E-state index contributed by atoms with van der Waals surface area (Å²) in [4.78, 5) is 29.1. The van der Waals surface area contributed by atoms with Crippen molar-refractivity contribution >= 4 is 62.7 Å². The fourth-order valence-electron chi connectivity index (χ4n) is 3.59. The molecule has 29 heavy (non-hydrogen) atoms. The summed E-state index contributed by atoms with van der Waals surface area (Å²) in [5.41, 5.74) is 1.47. The number of halogens is 1. The quantitative estimate of drug-likeness (QED) is 0.411. The topological polar surface area (TPSA) is 65.8 Å². The average Bonchev–Trinajstić information content (AvgIpc) is 3.16. The molecule has 0 spiro atoms. The van der Waals surface area contributed by atoms with E-state index in [1.165, 1.54) is 17.4 Å². The number of carbonyl (C=O) groups excluding carboxylic acids is 2. The first kappa shape index (κ1) is 19.8. The Morgan fingerprint density at radius 1 is 1.14 bits per heavy atom. The van der Waals surface area contributed by atoms with Gasteiger partial charge in [-0.15, -0.1) is 0 Å². The number of rotatable bonds is 3.